The van der Waals surface area contributed by atoms with Crippen molar-refractivity contribution in [1.29, 1.82) is 0 Å². The lowest BCUT2D eigenvalue weighted by molar-refractivity contribution is 0.0240. The van der Waals surface area contributed by atoms with Crippen LogP contribution in [0, 0.1) is 0 Å². The molecule has 2 fully saturated rings. The average Bonchev–Trinajstić information content (AvgIpc) is 3.57. The average molecular weight is 451 g/mol. The van der Waals surface area contributed by atoms with Crippen LogP contribution >= 0.6 is 0 Å². The first-order valence-corrected chi connectivity index (χ1v) is 11.4. The number of piperazine rings is 1. The molecule has 1 saturated carbocycles. The van der Waals surface area contributed by atoms with Crippen molar-refractivity contribution in [2.45, 2.75) is 45.1 Å². The molecule has 1 aliphatic heterocycles. The zero-order valence-electron chi connectivity index (χ0n) is 19.6. The number of fused-ring (bicyclic) bond motifs is 1. The van der Waals surface area contributed by atoms with E-state index in [0.717, 1.165) is 22.5 Å². The van der Waals surface area contributed by atoms with Crippen molar-refractivity contribution in [3.63, 3.8) is 0 Å². The summed E-state index contributed by atoms with van der Waals surface area (Å²) in [5, 5.41) is 1.09. The minimum atomic E-state index is -0.496. The number of hydrogen-bond acceptors (Lipinski definition) is 7. The lowest BCUT2D eigenvalue weighted by Crippen LogP contribution is -2.50. The Balaban J connectivity index is 1.46. The van der Waals surface area contributed by atoms with Gasteiger partial charge in [0.2, 0.25) is 0 Å². The Morgan fingerprint density at radius 1 is 1.09 bits per heavy atom. The third-order valence-electron chi connectivity index (χ3n) is 6.05. The van der Waals surface area contributed by atoms with Gasteiger partial charge in [-0.05, 0) is 45.1 Å². The second-order valence-corrected chi connectivity index (χ2v) is 9.66. The van der Waals surface area contributed by atoms with Crippen LogP contribution in [0.15, 0.2) is 31.0 Å². The van der Waals surface area contributed by atoms with Gasteiger partial charge in [-0.3, -0.25) is 9.55 Å². The number of aromatic nitrogens is 4. The molecule has 174 valence electrons. The number of methoxy groups -OCH3 is 1. The quantitative estimate of drug-likeness (QED) is 0.598. The van der Waals surface area contributed by atoms with E-state index >= 15 is 0 Å². The Labute approximate surface area is 193 Å². The fourth-order valence-corrected chi connectivity index (χ4v) is 4.29. The summed E-state index contributed by atoms with van der Waals surface area (Å²) in [4.78, 5) is 30.2. The zero-order chi connectivity index (χ0) is 23.2. The number of carbonyl (C=O) groups excluding carboxylic acids is 1. The highest BCUT2D eigenvalue weighted by Crippen LogP contribution is 2.46. The van der Waals surface area contributed by atoms with Crippen molar-refractivity contribution >= 4 is 22.9 Å². The van der Waals surface area contributed by atoms with Gasteiger partial charge >= 0.3 is 6.09 Å². The van der Waals surface area contributed by atoms with E-state index in [-0.39, 0.29) is 6.09 Å². The van der Waals surface area contributed by atoms with Crippen LogP contribution in [-0.4, -0.2) is 69.4 Å². The van der Waals surface area contributed by atoms with Crippen LogP contribution in [0.4, 0.5) is 10.6 Å². The van der Waals surface area contributed by atoms with E-state index < -0.39 is 5.60 Å². The monoisotopic (exact) mass is 450 g/mol. The fourth-order valence-electron chi connectivity index (χ4n) is 4.29. The van der Waals surface area contributed by atoms with Gasteiger partial charge in [0.05, 0.1) is 30.6 Å². The molecule has 5 rings (SSSR count). The standard InChI is InChI=1S/C24H30N6O3/c1-24(2,3)33-23(31)29-9-7-28(8-10-29)21-20-19(16-5-6-16)14-30(22(20)27-15-26-21)17-11-18(32-4)13-25-12-17/h11-16H,5-10H2,1-4H3. The van der Waals surface area contributed by atoms with Crippen LogP contribution < -0.4 is 9.64 Å². The molecule has 0 unspecified atom stereocenters. The molecule has 1 amide bonds. The third-order valence-corrected chi connectivity index (χ3v) is 6.05. The highest BCUT2D eigenvalue weighted by atomic mass is 16.6. The van der Waals surface area contributed by atoms with Crippen molar-refractivity contribution in [2.24, 2.45) is 0 Å². The van der Waals surface area contributed by atoms with Crippen LogP contribution in [0.1, 0.15) is 45.1 Å². The summed E-state index contributed by atoms with van der Waals surface area (Å²) in [6.07, 6.45) is 9.41. The zero-order valence-corrected chi connectivity index (χ0v) is 19.6. The largest absolute Gasteiger partial charge is 0.495 e. The van der Waals surface area contributed by atoms with E-state index in [2.05, 4.69) is 25.6 Å². The third kappa shape index (κ3) is 4.31. The first kappa shape index (κ1) is 21.5. The molecule has 2 aliphatic rings. The summed E-state index contributed by atoms with van der Waals surface area (Å²) >= 11 is 0. The first-order valence-electron chi connectivity index (χ1n) is 11.4. The molecule has 0 radical (unpaired) electrons. The van der Waals surface area contributed by atoms with Crippen molar-refractivity contribution in [2.75, 3.05) is 38.2 Å². The first-order chi connectivity index (χ1) is 15.8. The second kappa shape index (κ2) is 8.20. The van der Waals surface area contributed by atoms with E-state index in [1.807, 2.05) is 33.0 Å². The van der Waals surface area contributed by atoms with Crippen LogP contribution in [0.25, 0.3) is 16.7 Å². The van der Waals surface area contributed by atoms with Gasteiger partial charge in [0.1, 0.15) is 29.1 Å². The number of pyridine rings is 1. The lowest BCUT2D eigenvalue weighted by atomic mass is 10.1. The molecule has 9 nitrogen and oxygen atoms in total. The second-order valence-electron chi connectivity index (χ2n) is 9.66. The molecule has 3 aromatic rings. The molecule has 0 atom stereocenters. The van der Waals surface area contributed by atoms with Crippen molar-refractivity contribution in [3.8, 4) is 11.4 Å². The lowest BCUT2D eigenvalue weighted by Gasteiger charge is -2.36. The molecule has 0 N–H and O–H groups in total. The minimum absolute atomic E-state index is 0.259. The van der Waals surface area contributed by atoms with E-state index in [1.54, 1.807) is 24.5 Å². The molecule has 1 aliphatic carbocycles. The SMILES string of the molecule is COc1cncc(-n2cc(C3CC3)c3c(N4CCN(C(=O)OC(C)(C)C)CC4)ncnc32)c1. The van der Waals surface area contributed by atoms with Gasteiger partial charge in [-0.25, -0.2) is 14.8 Å². The molecule has 9 heteroatoms. The summed E-state index contributed by atoms with van der Waals surface area (Å²) in [6.45, 7) is 8.25. The summed E-state index contributed by atoms with van der Waals surface area (Å²) in [7, 11) is 1.64. The predicted molar refractivity (Wildman–Crippen MR) is 125 cm³/mol. The molecular formula is C24H30N6O3. The van der Waals surface area contributed by atoms with Crippen LogP contribution in [0.5, 0.6) is 5.75 Å². The molecule has 33 heavy (non-hydrogen) atoms. The minimum Gasteiger partial charge on any atom is -0.495 e. The van der Waals surface area contributed by atoms with Crippen LogP contribution in [0.3, 0.4) is 0 Å². The molecule has 0 aromatic carbocycles. The molecular weight excluding hydrogens is 420 g/mol. The maximum absolute atomic E-state index is 12.5. The van der Waals surface area contributed by atoms with Crippen LogP contribution in [0.2, 0.25) is 0 Å². The number of nitrogens with zero attached hydrogens (tertiary/aromatic N) is 6. The number of rotatable bonds is 4. The Kier molecular flexibility index (Phi) is 5.34. The Morgan fingerprint density at radius 3 is 2.52 bits per heavy atom. The molecule has 1 saturated heterocycles. The summed E-state index contributed by atoms with van der Waals surface area (Å²) in [5.74, 6) is 2.16. The summed E-state index contributed by atoms with van der Waals surface area (Å²) in [5.41, 5.74) is 2.56. The van der Waals surface area contributed by atoms with Gasteiger partial charge in [0.25, 0.3) is 0 Å². The summed E-state index contributed by atoms with van der Waals surface area (Å²) in [6, 6.07) is 1.96. The highest BCUT2D eigenvalue weighted by Gasteiger charge is 2.32. The smallest absolute Gasteiger partial charge is 0.410 e. The highest BCUT2D eigenvalue weighted by molar-refractivity contribution is 5.93. The maximum atomic E-state index is 12.5. The molecule has 3 aromatic heterocycles. The number of carbonyl (C=O) groups is 1. The number of amides is 1. The predicted octanol–water partition coefficient (Wildman–Crippen LogP) is 3.76. The summed E-state index contributed by atoms with van der Waals surface area (Å²) < 4.78 is 13.0. The fraction of sp³-hybridized carbons (Fsp3) is 0.500. The van der Waals surface area contributed by atoms with E-state index in [9.17, 15) is 4.79 Å². The van der Waals surface area contributed by atoms with Gasteiger partial charge in [0, 0.05) is 38.4 Å². The van der Waals surface area contributed by atoms with Gasteiger partial charge in [-0.15, -0.1) is 0 Å². The van der Waals surface area contributed by atoms with E-state index in [4.69, 9.17) is 14.5 Å². The Hall–Kier alpha value is -3.36. The Morgan fingerprint density at radius 2 is 1.85 bits per heavy atom. The van der Waals surface area contributed by atoms with Crippen molar-refractivity contribution < 1.29 is 14.3 Å². The van der Waals surface area contributed by atoms with E-state index in [0.29, 0.717) is 37.8 Å². The number of ether oxygens (including phenoxy) is 2. The molecule has 0 spiro atoms. The van der Waals surface area contributed by atoms with Crippen LogP contribution in [-0.2, 0) is 4.74 Å². The number of anilines is 1. The maximum Gasteiger partial charge on any atom is 0.410 e. The van der Waals surface area contributed by atoms with Crippen molar-refractivity contribution in [3.05, 3.63) is 36.5 Å². The van der Waals surface area contributed by atoms with Crippen molar-refractivity contribution in [1.82, 2.24) is 24.4 Å². The normalized spacial score (nSPS) is 16.8. The van der Waals surface area contributed by atoms with Gasteiger partial charge < -0.3 is 19.3 Å². The molecule has 0 bridgehead atoms. The number of hydrogen-bond donors (Lipinski definition) is 0. The Bertz CT molecular complexity index is 1170. The topological polar surface area (TPSA) is 85.6 Å². The van der Waals surface area contributed by atoms with Gasteiger partial charge in [-0.2, -0.15) is 0 Å². The van der Waals surface area contributed by atoms with Gasteiger partial charge in [0.15, 0.2) is 0 Å². The van der Waals surface area contributed by atoms with Gasteiger partial charge in [-0.1, -0.05) is 0 Å². The van der Waals surface area contributed by atoms with E-state index in [1.165, 1.54) is 18.4 Å². The molecule has 4 heterocycles.